The zero-order valence-corrected chi connectivity index (χ0v) is 23.9. The molecule has 0 saturated heterocycles. The highest BCUT2D eigenvalue weighted by atomic mass is 28.4. The second-order valence-electron chi connectivity index (χ2n) is 11.3. The van der Waals surface area contributed by atoms with E-state index in [-0.39, 0.29) is 29.8 Å². The van der Waals surface area contributed by atoms with Crippen molar-refractivity contribution in [1.29, 1.82) is 0 Å². The first-order valence-corrected chi connectivity index (χ1v) is 15.3. The van der Waals surface area contributed by atoms with Gasteiger partial charge >= 0.3 is 0 Å². The van der Waals surface area contributed by atoms with Crippen molar-refractivity contribution in [2.45, 2.75) is 91.8 Å². The molecule has 0 saturated carbocycles. The Bertz CT molecular complexity index is 696. The van der Waals surface area contributed by atoms with Gasteiger partial charge in [-0.1, -0.05) is 78.0 Å². The molecule has 0 aliphatic carbocycles. The maximum atomic E-state index is 9.40. The van der Waals surface area contributed by atoms with Crippen LogP contribution in [0, 0.1) is 17.8 Å². The summed E-state index contributed by atoms with van der Waals surface area (Å²) < 4.78 is 19.1. The standard InChI is InChI=1S/C28H50O4Si/c1-21(16-22(2)18-29)17-23(3)27(30-8)24(4)26(32-33(9,10)28(5,6)7)20-31-19-25-14-12-11-13-15-25/h11-15,17,21-22,24,26-27,29H,16,18-20H2,1-10H3/b23-17+/t21-,22+,24+,26-,27-/m1/s1. The van der Waals surface area contributed by atoms with E-state index in [0.29, 0.717) is 25.0 Å². The lowest BCUT2D eigenvalue weighted by Gasteiger charge is -2.42. The van der Waals surface area contributed by atoms with Gasteiger partial charge < -0.3 is 19.0 Å². The number of benzene rings is 1. The van der Waals surface area contributed by atoms with E-state index < -0.39 is 8.32 Å². The Morgan fingerprint density at radius 2 is 1.70 bits per heavy atom. The van der Waals surface area contributed by atoms with Gasteiger partial charge in [0.2, 0.25) is 0 Å². The molecule has 0 aliphatic rings. The van der Waals surface area contributed by atoms with Crippen LogP contribution < -0.4 is 0 Å². The molecular weight excluding hydrogens is 428 g/mol. The number of allylic oxidation sites excluding steroid dienone is 1. The lowest BCUT2D eigenvalue weighted by atomic mass is 9.89. The number of methoxy groups -OCH3 is 1. The van der Waals surface area contributed by atoms with E-state index >= 15 is 0 Å². The summed E-state index contributed by atoms with van der Waals surface area (Å²) in [6.45, 7) is 21.4. The van der Waals surface area contributed by atoms with E-state index in [1.807, 2.05) is 18.2 Å². The van der Waals surface area contributed by atoms with Gasteiger partial charge in [-0.15, -0.1) is 0 Å². The van der Waals surface area contributed by atoms with E-state index in [1.54, 1.807) is 7.11 Å². The van der Waals surface area contributed by atoms with Gasteiger partial charge in [0.25, 0.3) is 0 Å². The van der Waals surface area contributed by atoms with Gasteiger partial charge in [-0.2, -0.15) is 0 Å². The zero-order chi connectivity index (χ0) is 25.2. The van der Waals surface area contributed by atoms with Gasteiger partial charge in [-0.3, -0.25) is 0 Å². The maximum absolute atomic E-state index is 9.40. The Morgan fingerprint density at radius 3 is 2.21 bits per heavy atom. The Hall–Kier alpha value is -0.983. The zero-order valence-electron chi connectivity index (χ0n) is 22.9. The highest BCUT2D eigenvalue weighted by Crippen LogP contribution is 2.39. The molecule has 190 valence electrons. The SMILES string of the molecule is CO[C@H](/C(C)=C/[C@H](C)C[C@H](C)CO)[C@@H](C)[C@@H](COCc1ccccc1)O[Si](C)(C)C(C)(C)C. The molecule has 0 heterocycles. The quantitative estimate of drug-likeness (QED) is 0.235. The van der Waals surface area contributed by atoms with Crippen molar-refractivity contribution < 1.29 is 19.0 Å². The number of aliphatic hydroxyl groups is 1. The van der Waals surface area contributed by atoms with Crippen LogP contribution in [-0.2, 0) is 20.5 Å². The average Bonchev–Trinajstić information content (AvgIpc) is 2.73. The van der Waals surface area contributed by atoms with Crippen LogP contribution in [0.3, 0.4) is 0 Å². The van der Waals surface area contributed by atoms with Crippen LogP contribution in [0.2, 0.25) is 18.1 Å². The predicted molar refractivity (Wildman–Crippen MR) is 142 cm³/mol. The first-order valence-electron chi connectivity index (χ1n) is 12.4. The highest BCUT2D eigenvalue weighted by molar-refractivity contribution is 6.74. The molecule has 0 bridgehead atoms. The third-order valence-electron chi connectivity index (χ3n) is 7.05. The Balaban J connectivity index is 3.03. The van der Waals surface area contributed by atoms with Gasteiger partial charge in [0, 0.05) is 19.6 Å². The van der Waals surface area contributed by atoms with Crippen LogP contribution in [-0.4, -0.2) is 46.0 Å². The van der Waals surface area contributed by atoms with Crippen molar-refractivity contribution in [3.8, 4) is 0 Å². The van der Waals surface area contributed by atoms with Crippen LogP contribution in [0.4, 0.5) is 0 Å². The Morgan fingerprint density at radius 1 is 1.09 bits per heavy atom. The molecule has 0 aliphatic heterocycles. The van der Waals surface area contributed by atoms with E-state index in [2.05, 4.69) is 79.8 Å². The van der Waals surface area contributed by atoms with Crippen LogP contribution in [0.5, 0.6) is 0 Å². The van der Waals surface area contributed by atoms with Gasteiger partial charge in [0.15, 0.2) is 8.32 Å². The third-order valence-corrected chi connectivity index (χ3v) is 11.6. The molecule has 33 heavy (non-hydrogen) atoms. The molecule has 1 rings (SSSR count). The molecule has 5 heteroatoms. The van der Waals surface area contributed by atoms with E-state index in [1.165, 1.54) is 11.1 Å². The van der Waals surface area contributed by atoms with Crippen LogP contribution >= 0.6 is 0 Å². The van der Waals surface area contributed by atoms with E-state index in [0.717, 1.165) is 6.42 Å². The molecule has 0 radical (unpaired) electrons. The summed E-state index contributed by atoms with van der Waals surface area (Å²) in [5.41, 5.74) is 2.39. The third kappa shape index (κ3) is 10.0. The minimum atomic E-state index is -1.99. The van der Waals surface area contributed by atoms with Crippen molar-refractivity contribution in [1.82, 2.24) is 0 Å². The van der Waals surface area contributed by atoms with Crippen molar-refractivity contribution in [3.63, 3.8) is 0 Å². The van der Waals surface area contributed by atoms with E-state index in [4.69, 9.17) is 13.9 Å². The highest BCUT2D eigenvalue weighted by Gasteiger charge is 2.41. The largest absolute Gasteiger partial charge is 0.411 e. The number of ether oxygens (including phenoxy) is 2. The lowest BCUT2D eigenvalue weighted by molar-refractivity contribution is -0.0312. The second kappa shape index (κ2) is 13.8. The van der Waals surface area contributed by atoms with Gasteiger partial charge in [-0.25, -0.2) is 0 Å². The van der Waals surface area contributed by atoms with Crippen LogP contribution in [0.1, 0.15) is 60.5 Å². The molecule has 0 fully saturated rings. The minimum Gasteiger partial charge on any atom is -0.411 e. The lowest BCUT2D eigenvalue weighted by Crippen LogP contribution is -2.49. The summed E-state index contributed by atoms with van der Waals surface area (Å²) in [5, 5.41) is 9.52. The fourth-order valence-electron chi connectivity index (χ4n) is 4.05. The fraction of sp³-hybridized carbons (Fsp3) is 0.714. The fourth-order valence-corrected chi connectivity index (χ4v) is 5.44. The molecule has 1 aromatic carbocycles. The molecule has 0 spiro atoms. The van der Waals surface area contributed by atoms with Crippen molar-refractivity contribution in [3.05, 3.63) is 47.5 Å². The molecule has 1 aromatic rings. The molecule has 4 nitrogen and oxygen atoms in total. The second-order valence-corrected chi connectivity index (χ2v) is 16.1. The molecular formula is C28H50O4Si. The number of hydrogen-bond acceptors (Lipinski definition) is 4. The van der Waals surface area contributed by atoms with E-state index in [9.17, 15) is 5.11 Å². The summed E-state index contributed by atoms with van der Waals surface area (Å²) in [6, 6.07) is 10.3. The predicted octanol–water partition coefficient (Wildman–Crippen LogP) is 6.85. The number of aliphatic hydroxyl groups excluding tert-OH is 1. The van der Waals surface area contributed by atoms with Crippen molar-refractivity contribution in [2.24, 2.45) is 17.8 Å². The average molecular weight is 479 g/mol. The summed E-state index contributed by atoms with van der Waals surface area (Å²) in [5.74, 6) is 0.813. The number of hydrogen-bond donors (Lipinski definition) is 1. The topological polar surface area (TPSA) is 47.9 Å². The normalized spacial score (nSPS) is 18.0. The summed E-state index contributed by atoms with van der Waals surface area (Å²) >= 11 is 0. The molecule has 0 aromatic heterocycles. The molecule has 0 unspecified atom stereocenters. The summed E-state index contributed by atoms with van der Waals surface area (Å²) in [6.07, 6.45) is 3.15. The van der Waals surface area contributed by atoms with Gasteiger partial charge in [0.1, 0.15) is 0 Å². The number of rotatable bonds is 14. The summed E-state index contributed by atoms with van der Waals surface area (Å²) in [7, 11) is -0.210. The van der Waals surface area contributed by atoms with Crippen molar-refractivity contribution >= 4 is 8.32 Å². The monoisotopic (exact) mass is 478 g/mol. The van der Waals surface area contributed by atoms with Crippen LogP contribution in [0.25, 0.3) is 0 Å². The Labute approximate surface area is 204 Å². The Kier molecular flexibility index (Phi) is 12.6. The molecule has 0 amide bonds. The van der Waals surface area contributed by atoms with Gasteiger partial charge in [0.05, 0.1) is 25.4 Å². The van der Waals surface area contributed by atoms with Crippen LogP contribution in [0.15, 0.2) is 42.0 Å². The minimum absolute atomic E-state index is 0.0491. The van der Waals surface area contributed by atoms with Crippen molar-refractivity contribution in [2.75, 3.05) is 20.3 Å². The molecule has 1 N–H and O–H groups in total. The van der Waals surface area contributed by atoms with Gasteiger partial charge in [-0.05, 0) is 54.4 Å². The molecule has 5 atom stereocenters. The maximum Gasteiger partial charge on any atom is 0.192 e. The smallest absolute Gasteiger partial charge is 0.192 e. The summed E-state index contributed by atoms with van der Waals surface area (Å²) in [4.78, 5) is 0. The first-order chi connectivity index (χ1) is 15.3. The first kappa shape index (κ1) is 30.0.